The fourth-order valence-electron chi connectivity index (χ4n) is 3.14. The number of hydrogen-bond acceptors (Lipinski definition) is 3. The van der Waals surface area contributed by atoms with Crippen molar-refractivity contribution in [3.63, 3.8) is 0 Å². The Morgan fingerprint density at radius 1 is 1.15 bits per heavy atom. The van der Waals surface area contributed by atoms with Crippen molar-refractivity contribution in [1.29, 1.82) is 0 Å². The first-order valence-corrected chi connectivity index (χ1v) is 8.25. The van der Waals surface area contributed by atoms with Crippen molar-refractivity contribution in [2.24, 2.45) is 11.3 Å². The fourth-order valence-corrected chi connectivity index (χ4v) is 3.14. The molecule has 0 aromatic rings. The molecular formula is C17H35NO2. The Morgan fingerprint density at radius 2 is 1.75 bits per heavy atom. The highest BCUT2D eigenvalue weighted by atomic mass is 16.5. The molecule has 3 heteroatoms. The number of nitrogens with one attached hydrogen (secondary N) is 1. The van der Waals surface area contributed by atoms with E-state index in [1.165, 1.54) is 32.1 Å². The zero-order chi connectivity index (χ0) is 15.2. The molecule has 0 aliphatic heterocycles. The van der Waals surface area contributed by atoms with E-state index in [0.717, 1.165) is 5.92 Å². The number of methoxy groups -OCH3 is 1. The summed E-state index contributed by atoms with van der Waals surface area (Å²) in [5, 5.41) is 13.8. The summed E-state index contributed by atoms with van der Waals surface area (Å²) in [5.41, 5.74) is -0.176. The monoisotopic (exact) mass is 285 g/mol. The number of rotatable bonds is 8. The van der Waals surface area contributed by atoms with Gasteiger partial charge in [-0.05, 0) is 43.9 Å². The number of aliphatic hydroxyl groups is 1. The first-order chi connectivity index (χ1) is 9.30. The van der Waals surface area contributed by atoms with E-state index in [0.29, 0.717) is 31.0 Å². The van der Waals surface area contributed by atoms with Crippen LogP contribution in [0.4, 0.5) is 0 Å². The molecule has 1 unspecified atom stereocenters. The Bertz CT molecular complexity index is 268. The lowest BCUT2D eigenvalue weighted by atomic mass is 9.69. The molecule has 0 aromatic carbocycles. The van der Waals surface area contributed by atoms with E-state index in [9.17, 15) is 5.11 Å². The number of hydrogen-bond donors (Lipinski definition) is 2. The van der Waals surface area contributed by atoms with Crippen LogP contribution in [0.2, 0.25) is 0 Å². The van der Waals surface area contributed by atoms with Crippen LogP contribution in [0.25, 0.3) is 0 Å². The summed E-state index contributed by atoms with van der Waals surface area (Å²) in [5.74, 6) is 0.861. The van der Waals surface area contributed by atoms with Crippen LogP contribution < -0.4 is 5.32 Å². The molecule has 0 saturated heterocycles. The molecule has 1 saturated carbocycles. The molecule has 120 valence electrons. The van der Waals surface area contributed by atoms with Gasteiger partial charge >= 0.3 is 0 Å². The Balaban J connectivity index is 2.29. The molecule has 0 radical (unpaired) electrons. The Kier molecular flexibility index (Phi) is 6.96. The largest absolute Gasteiger partial charge is 0.389 e. The fraction of sp³-hybridized carbons (Fsp3) is 1.00. The highest BCUT2D eigenvalue weighted by molar-refractivity contribution is 4.86. The van der Waals surface area contributed by atoms with Crippen LogP contribution in [0.3, 0.4) is 0 Å². The minimum absolute atomic E-state index is 0.481. The van der Waals surface area contributed by atoms with Crippen molar-refractivity contribution in [3.8, 4) is 0 Å². The third-order valence-electron chi connectivity index (χ3n) is 5.36. The van der Waals surface area contributed by atoms with Gasteiger partial charge in [-0.3, -0.25) is 0 Å². The molecule has 0 heterocycles. The molecule has 0 bridgehead atoms. The molecule has 1 rings (SSSR count). The van der Waals surface area contributed by atoms with Crippen LogP contribution in [-0.2, 0) is 4.74 Å². The molecule has 1 aliphatic carbocycles. The quantitative estimate of drug-likeness (QED) is 0.718. The third kappa shape index (κ3) is 5.71. The lowest BCUT2D eigenvalue weighted by Crippen LogP contribution is -2.45. The second-order valence-electron chi connectivity index (χ2n) is 7.51. The van der Waals surface area contributed by atoms with E-state index in [4.69, 9.17) is 4.74 Å². The van der Waals surface area contributed by atoms with Crippen LogP contribution in [-0.4, -0.2) is 37.0 Å². The minimum Gasteiger partial charge on any atom is -0.389 e. The van der Waals surface area contributed by atoms with Crippen molar-refractivity contribution >= 4 is 0 Å². The van der Waals surface area contributed by atoms with Crippen molar-refractivity contribution in [3.05, 3.63) is 0 Å². The summed E-state index contributed by atoms with van der Waals surface area (Å²) < 4.78 is 5.05. The molecule has 3 nitrogen and oxygen atoms in total. The van der Waals surface area contributed by atoms with Gasteiger partial charge in [0.1, 0.15) is 0 Å². The van der Waals surface area contributed by atoms with Crippen LogP contribution in [0, 0.1) is 11.3 Å². The lowest BCUT2D eigenvalue weighted by Gasteiger charge is -2.39. The maximum Gasteiger partial charge on any atom is 0.0765 e. The van der Waals surface area contributed by atoms with Crippen LogP contribution in [0.15, 0.2) is 0 Å². The molecule has 1 fully saturated rings. The Hall–Kier alpha value is -0.120. The van der Waals surface area contributed by atoms with E-state index in [1.807, 2.05) is 6.92 Å². The average molecular weight is 285 g/mol. The van der Waals surface area contributed by atoms with Crippen molar-refractivity contribution in [2.45, 2.75) is 77.9 Å². The summed E-state index contributed by atoms with van der Waals surface area (Å²) in [6, 6.07) is 0.577. The predicted molar refractivity (Wildman–Crippen MR) is 84.9 cm³/mol. The number of ether oxygens (including phenoxy) is 1. The maximum atomic E-state index is 10.3. The van der Waals surface area contributed by atoms with Gasteiger partial charge in [-0.1, -0.05) is 27.2 Å². The second kappa shape index (κ2) is 7.77. The van der Waals surface area contributed by atoms with Gasteiger partial charge in [0.2, 0.25) is 0 Å². The molecule has 2 N–H and O–H groups in total. The van der Waals surface area contributed by atoms with Crippen LogP contribution in [0.1, 0.15) is 66.2 Å². The topological polar surface area (TPSA) is 41.5 Å². The Labute approximate surface area is 125 Å². The SMILES string of the molecule is CCC(C)(C)C1CCC(NCC(C)(O)CCOC)CC1. The summed E-state index contributed by atoms with van der Waals surface area (Å²) in [6.45, 7) is 10.3. The van der Waals surface area contributed by atoms with Crippen molar-refractivity contribution in [2.75, 3.05) is 20.3 Å². The van der Waals surface area contributed by atoms with E-state index < -0.39 is 5.60 Å². The van der Waals surface area contributed by atoms with Gasteiger partial charge < -0.3 is 15.2 Å². The van der Waals surface area contributed by atoms with Crippen LogP contribution >= 0.6 is 0 Å². The van der Waals surface area contributed by atoms with Gasteiger partial charge in [-0.2, -0.15) is 0 Å². The Morgan fingerprint density at radius 3 is 2.25 bits per heavy atom. The summed E-state index contributed by atoms with van der Waals surface area (Å²) in [4.78, 5) is 0. The lowest BCUT2D eigenvalue weighted by molar-refractivity contribution is 0.0201. The smallest absolute Gasteiger partial charge is 0.0765 e. The first-order valence-electron chi connectivity index (χ1n) is 8.25. The predicted octanol–water partition coefficient (Wildman–Crippen LogP) is 3.36. The van der Waals surface area contributed by atoms with E-state index in [-0.39, 0.29) is 0 Å². The maximum absolute atomic E-state index is 10.3. The molecule has 20 heavy (non-hydrogen) atoms. The van der Waals surface area contributed by atoms with Crippen molar-refractivity contribution in [1.82, 2.24) is 5.32 Å². The molecule has 1 atom stereocenters. The third-order valence-corrected chi connectivity index (χ3v) is 5.36. The van der Waals surface area contributed by atoms with E-state index in [1.54, 1.807) is 7.11 Å². The normalized spacial score (nSPS) is 27.3. The summed E-state index contributed by atoms with van der Waals surface area (Å²) in [6.07, 6.45) is 7.08. The van der Waals surface area contributed by atoms with E-state index >= 15 is 0 Å². The van der Waals surface area contributed by atoms with Gasteiger partial charge in [-0.25, -0.2) is 0 Å². The van der Waals surface area contributed by atoms with Gasteiger partial charge in [0.15, 0.2) is 0 Å². The van der Waals surface area contributed by atoms with Gasteiger partial charge in [0.25, 0.3) is 0 Å². The molecule has 1 aliphatic rings. The minimum atomic E-state index is -0.657. The van der Waals surface area contributed by atoms with E-state index in [2.05, 4.69) is 26.1 Å². The highest BCUT2D eigenvalue weighted by Crippen LogP contribution is 2.40. The standard InChI is InChI=1S/C17H35NO2/c1-6-16(2,3)14-7-9-15(10-8-14)18-13-17(4,19)11-12-20-5/h14-15,18-19H,6-13H2,1-5H3. The van der Waals surface area contributed by atoms with Crippen molar-refractivity contribution < 1.29 is 9.84 Å². The molecule has 0 aromatic heterocycles. The molecule has 0 amide bonds. The van der Waals surface area contributed by atoms with Gasteiger partial charge in [-0.15, -0.1) is 0 Å². The highest BCUT2D eigenvalue weighted by Gasteiger charge is 2.32. The zero-order valence-corrected chi connectivity index (χ0v) is 14.2. The molecule has 0 spiro atoms. The summed E-state index contributed by atoms with van der Waals surface area (Å²) >= 11 is 0. The molecular weight excluding hydrogens is 250 g/mol. The average Bonchev–Trinajstić information content (AvgIpc) is 2.43. The first kappa shape index (κ1) is 17.9. The second-order valence-corrected chi connectivity index (χ2v) is 7.51. The van der Waals surface area contributed by atoms with Gasteiger partial charge in [0, 0.05) is 32.7 Å². The van der Waals surface area contributed by atoms with Crippen LogP contribution in [0.5, 0.6) is 0 Å². The van der Waals surface area contributed by atoms with Gasteiger partial charge in [0.05, 0.1) is 5.60 Å². The zero-order valence-electron chi connectivity index (χ0n) is 14.2. The summed E-state index contributed by atoms with van der Waals surface area (Å²) in [7, 11) is 1.68.